The van der Waals surface area contributed by atoms with Crippen LogP contribution in [-0.2, 0) is 0 Å². The SMILES string of the molecule is O=C1NC(=O)c2c[se]cc21. The molecule has 0 radical (unpaired) electrons. The van der Waals surface area contributed by atoms with Crippen molar-refractivity contribution in [1.29, 1.82) is 0 Å². The van der Waals surface area contributed by atoms with Crippen LogP contribution in [0.25, 0.3) is 0 Å². The van der Waals surface area contributed by atoms with E-state index in [1.807, 2.05) is 9.88 Å². The monoisotopic (exact) mass is 201 g/mol. The molecule has 0 fully saturated rings. The summed E-state index contributed by atoms with van der Waals surface area (Å²) >= 11 is 0.220. The summed E-state index contributed by atoms with van der Waals surface area (Å²) in [4.78, 5) is 25.3. The molecule has 10 heavy (non-hydrogen) atoms. The van der Waals surface area contributed by atoms with Gasteiger partial charge in [0.25, 0.3) is 0 Å². The Morgan fingerprint density at radius 3 is 2.10 bits per heavy atom. The van der Waals surface area contributed by atoms with Crippen LogP contribution in [0, 0.1) is 0 Å². The Labute approximate surface area is 62.8 Å². The maximum atomic E-state index is 10.8. The van der Waals surface area contributed by atoms with Crippen molar-refractivity contribution in [3.8, 4) is 0 Å². The Hall–Kier alpha value is -0.861. The maximum absolute atomic E-state index is 10.8. The molecule has 1 aliphatic heterocycles. The quantitative estimate of drug-likeness (QED) is 0.458. The Kier molecular flexibility index (Phi) is 1.07. The zero-order chi connectivity index (χ0) is 7.14. The summed E-state index contributed by atoms with van der Waals surface area (Å²) in [5.41, 5.74) is 1.15. The third kappa shape index (κ3) is 0.602. The molecule has 0 saturated carbocycles. The predicted octanol–water partition coefficient (Wildman–Crippen LogP) is -0.373. The third-order valence-corrected chi connectivity index (χ3v) is 2.94. The molecule has 1 N–H and O–H groups in total. The molecular formula is C6H3NO2Se. The second-order valence-electron chi connectivity index (χ2n) is 1.98. The average molecular weight is 200 g/mol. The van der Waals surface area contributed by atoms with Crippen LogP contribution in [0.3, 0.4) is 0 Å². The fourth-order valence-electron chi connectivity index (χ4n) is 0.887. The van der Waals surface area contributed by atoms with E-state index < -0.39 is 0 Å². The van der Waals surface area contributed by atoms with Gasteiger partial charge in [0.2, 0.25) is 0 Å². The molecule has 2 rings (SSSR count). The van der Waals surface area contributed by atoms with Crippen LogP contribution in [0.5, 0.6) is 0 Å². The molecule has 0 spiro atoms. The van der Waals surface area contributed by atoms with Gasteiger partial charge in [-0.2, -0.15) is 0 Å². The Morgan fingerprint density at radius 2 is 1.60 bits per heavy atom. The molecule has 1 aliphatic rings. The van der Waals surface area contributed by atoms with Crippen LogP contribution in [0.1, 0.15) is 20.7 Å². The first-order valence-corrected chi connectivity index (χ1v) is 4.69. The van der Waals surface area contributed by atoms with E-state index in [4.69, 9.17) is 0 Å². The summed E-state index contributed by atoms with van der Waals surface area (Å²) in [6, 6.07) is 0. The van der Waals surface area contributed by atoms with Gasteiger partial charge in [-0.15, -0.1) is 0 Å². The van der Waals surface area contributed by atoms with Gasteiger partial charge in [-0.25, -0.2) is 0 Å². The van der Waals surface area contributed by atoms with Crippen molar-refractivity contribution in [3.05, 3.63) is 21.0 Å². The van der Waals surface area contributed by atoms with E-state index in [1.54, 1.807) is 0 Å². The van der Waals surface area contributed by atoms with Crippen molar-refractivity contribution in [2.24, 2.45) is 0 Å². The van der Waals surface area contributed by atoms with Crippen molar-refractivity contribution in [1.82, 2.24) is 5.32 Å². The number of imide groups is 1. The van der Waals surface area contributed by atoms with Gasteiger partial charge in [-0.1, -0.05) is 0 Å². The van der Waals surface area contributed by atoms with Gasteiger partial charge < -0.3 is 0 Å². The third-order valence-electron chi connectivity index (χ3n) is 1.38. The topological polar surface area (TPSA) is 46.2 Å². The molecule has 0 aromatic carbocycles. The second-order valence-corrected chi connectivity index (χ2v) is 3.54. The van der Waals surface area contributed by atoms with E-state index in [0.717, 1.165) is 0 Å². The van der Waals surface area contributed by atoms with Gasteiger partial charge in [0, 0.05) is 0 Å². The summed E-state index contributed by atoms with van der Waals surface area (Å²) in [6.45, 7) is 0. The van der Waals surface area contributed by atoms with Crippen LogP contribution in [-0.4, -0.2) is 26.3 Å². The van der Waals surface area contributed by atoms with Crippen molar-refractivity contribution in [3.63, 3.8) is 0 Å². The van der Waals surface area contributed by atoms with Crippen LogP contribution in [0.2, 0.25) is 0 Å². The van der Waals surface area contributed by atoms with E-state index in [9.17, 15) is 9.59 Å². The zero-order valence-electron chi connectivity index (χ0n) is 4.88. The average Bonchev–Trinajstić information content (AvgIpc) is 2.39. The molecular weight excluding hydrogens is 197 g/mol. The number of hydrogen-bond acceptors (Lipinski definition) is 2. The number of rotatable bonds is 0. The van der Waals surface area contributed by atoms with Crippen molar-refractivity contribution in [2.75, 3.05) is 0 Å². The Bertz CT molecular complexity index is 287. The van der Waals surface area contributed by atoms with Crippen LogP contribution < -0.4 is 5.32 Å². The van der Waals surface area contributed by atoms with Crippen LogP contribution >= 0.6 is 0 Å². The van der Waals surface area contributed by atoms with E-state index >= 15 is 0 Å². The molecule has 0 unspecified atom stereocenters. The van der Waals surface area contributed by atoms with Gasteiger partial charge in [0.15, 0.2) is 0 Å². The number of fused-ring (bicyclic) bond motifs is 1. The summed E-state index contributed by atoms with van der Waals surface area (Å²) in [6.07, 6.45) is 0. The molecule has 4 heteroatoms. The molecule has 2 heterocycles. The first kappa shape index (κ1) is 5.89. The second kappa shape index (κ2) is 1.81. The predicted molar refractivity (Wildman–Crippen MR) is 35.2 cm³/mol. The van der Waals surface area contributed by atoms with Gasteiger partial charge >= 0.3 is 62.2 Å². The molecule has 2 amide bonds. The molecule has 3 nitrogen and oxygen atoms in total. The Morgan fingerprint density at radius 1 is 1.10 bits per heavy atom. The van der Waals surface area contributed by atoms with Gasteiger partial charge in [-0.3, -0.25) is 0 Å². The van der Waals surface area contributed by atoms with E-state index in [-0.39, 0.29) is 26.3 Å². The van der Waals surface area contributed by atoms with E-state index in [2.05, 4.69) is 5.32 Å². The summed E-state index contributed by atoms with van der Waals surface area (Å²) in [7, 11) is 0. The summed E-state index contributed by atoms with van der Waals surface area (Å²) in [5, 5.41) is 2.21. The normalized spacial score (nSPS) is 15.2. The first-order valence-electron chi connectivity index (χ1n) is 2.71. The Balaban J connectivity index is 2.69. The molecule has 0 bridgehead atoms. The van der Waals surface area contributed by atoms with Crippen molar-refractivity contribution in [2.45, 2.75) is 0 Å². The number of carbonyl (C=O) groups is 2. The van der Waals surface area contributed by atoms with Gasteiger partial charge in [0.05, 0.1) is 0 Å². The molecule has 50 valence electrons. The number of amides is 2. The summed E-state index contributed by atoms with van der Waals surface area (Å²) in [5.74, 6) is -0.480. The fraction of sp³-hybridized carbons (Fsp3) is 0. The molecule has 0 saturated heterocycles. The first-order chi connectivity index (χ1) is 4.79. The van der Waals surface area contributed by atoms with Crippen molar-refractivity contribution >= 4 is 26.3 Å². The van der Waals surface area contributed by atoms with Gasteiger partial charge in [-0.05, 0) is 0 Å². The molecule has 0 aliphatic carbocycles. The number of nitrogens with one attached hydrogen (secondary N) is 1. The molecule has 0 atom stereocenters. The molecule has 1 aromatic rings. The summed E-state index contributed by atoms with van der Waals surface area (Å²) < 4.78 is 0. The fourth-order valence-corrected chi connectivity index (χ4v) is 2.58. The van der Waals surface area contributed by atoms with Gasteiger partial charge in [0.1, 0.15) is 0 Å². The number of carbonyl (C=O) groups excluding carboxylic acids is 2. The van der Waals surface area contributed by atoms with E-state index in [1.165, 1.54) is 0 Å². The van der Waals surface area contributed by atoms with Crippen molar-refractivity contribution < 1.29 is 9.59 Å². The minimum absolute atomic E-state index is 0.220. The number of hydrogen-bond donors (Lipinski definition) is 1. The van der Waals surface area contributed by atoms with Crippen LogP contribution in [0.15, 0.2) is 9.88 Å². The van der Waals surface area contributed by atoms with Crippen LogP contribution in [0.4, 0.5) is 0 Å². The standard InChI is InChI=1S/C6H3NO2Se/c8-5-3-1-10-2-4(3)6(9)7-5/h1-2H,(H,7,8,9). The van der Waals surface area contributed by atoms with E-state index in [0.29, 0.717) is 11.1 Å². The zero-order valence-corrected chi connectivity index (χ0v) is 6.59. The minimum atomic E-state index is -0.240. The molecule has 1 aromatic heterocycles.